The molecule has 0 bridgehead atoms. The van der Waals surface area contributed by atoms with E-state index in [4.69, 9.17) is 10.00 Å². The maximum Gasteiger partial charge on any atom is 0.326 e. The summed E-state index contributed by atoms with van der Waals surface area (Å²) in [5.74, 6) is -1.91. The summed E-state index contributed by atoms with van der Waals surface area (Å²) in [5, 5.41) is 20.7. The highest BCUT2D eigenvalue weighted by molar-refractivity contribution is 5.95. The smallest absolute Gasteiger partial charge is 0.326 e. The number of pyridine rings is 1. The van der Waals surface area contributed by atoms with Crippen LogP contribution >= 0.6 is 0 Å². The molecule has 1 aromatic heterocycles. The number of nitrogens with zero attached hydrogens (tertiary/aromatic N) is 2. The topological polar surface area (TPSA) is 112 Å². The second-order valence-electron chi connectivity index (χ2n) is 5.21. The molecule has 1 fully saturated rings. The van der Waals surface area contributed by atoms with Crippen molar-refractivity contribution in [3.8, 4) is 6.07 Å². The standard InChI is InChI=1S/C15H17N3O4/c1-9-10(7-16)4-5-12(17-9)14(19)18-13(15(20)21)11-3-2-6-22-8-11/h4-5,11,13H,2-3,6,8H2,1H3,(H,18,19)(H,20,21). The molecule has 116 valence electrons. The van der Waals surface area contributed by atoms with Crippen LogP contribution in [-0.2, 0) is 9.53 Å². The Morgan fingerprint density at radius 2 is 2.32 bits per heavy atom. The van der Waals surface area contributed by atoms with Crippen molar-refractivity contribution in [2.75, 3.05) is 13.2 Å². The van der Waals surface area contributed by atoms with Gasteiger partial charge in [-0.05, 0) is 31.9 Å². The predicted molar refractivity (Wildman–Crippen MR) is 76.1 cm³/mol. The van der Waals surface area contributed by atoms with Crippen LogP contribution in [0.2, 0.25) is 0 Å². The molecule has 1 aliphatic rings. The molecule has 7 nitrogen and oxygen atoms in total. The van der Waals surface area contributed by atoms with Gasteiger partial charge < -0.3 is 15.2 Å². The summed E-state index contributed by atoms with van der Waals surface area (Å²) in [6.45, 7) is 2.56. The van der Waals surface area contributed by atoms with E-state index in [1.165, 1.54) is 12.1 Å². The van der Waals surface area contributed by atoms with E-state index >= 15 is 0 Å². The van der Waals surface area contributed by atoms with Gasteiger partial charge in [-0.15, -0.1) is 0 Å². The van der Waals surface area contributed by atoms with Crippen molar-refractivity contribution in [2.24, 2.45) is 5.92 Å². The SMILES string of the molecule is Cc1nc(C(=O)NC(C(=O)O)C2CCCOC2)ccc1C#N. The fourth-order valence-electron chi connectivity index (χ4n) is 2.43. The third-order valence-electron chi connectivity index (χ3n) is 3.66. The molecule has 0 aromatic carbocycles. The molecule has 0 saturated carbocycles. The Morgan fingerprint density at radius 3 is 2.86 bits per heavy atom. The van der Waals surface area contributed by atoms with Gasteiger partial charge in [-0.2, -0.15) is 5.26 Å². The van der Waals surface area contributed by atoms with Crippen LogP contribution in [0.1, 0.15) is 34.6 Å². The monoisotopic (exact) mass is 303 g/mol. The molecule has 1 aromatic rings. The van der Waals surface area contributed by atoms with Crippen molar-refractivity contribution in [1.29, 1.82) is 5.26 Å². The molecular weight excluding hydrogens is 286 g/mol. The summed E-state index contributed by atoms with van der Waals surface area (Å²) in [7, 11) is 0. The first-order chi connectivity index (χ1) is 10.5. The predicted octanol–water partition coefficient (Wildman–Crippen LogP) is 0.871. The number of aryl methyl sites for hydroxylation is 1. The van der Waals surface area contributed by atoms with Crippen LogP contribution in [0, 0.1) is 24.2 Å². The van der Waals surface area contributed by atoms with Gasteiger partial charge in [-0.25, -0.2) is 9.78 Å². The Balaban J connectivity index is 2.12. The number of carbonyl (C=O) groups excluding carboxylic acids is 1. The summed E-state index contributed by atoms with van der Waals surface area (Å²) in [6, 6.07) is 3.87. The molecule has 0 aliphatic carbocycles. The van der Waals surface area contributed by atoms with Crippen LogP contribution in [0.25, 0.3) is 0 Å². The molecule has 1 amide bonds. The van der Waals surface area contributed by atoms with Gasteiger partial charge >= 0.3 is 5.97 Å². The van der Waals surface area contributed by atoms with Gasteiger partial charge in [0.1, 0.15) is 17.8 Å². The zero-order valence-corrected chi connectivity index (χ0v) is 12.2. The second-order valence-corrected chi connectivity index (χ2v) is 5.21. The van der Waals surface area contributed by atoms with Crippen molar-refractivity contribution >= 4 is 11.9 Å². The summed E-state index contributed by atoms with van der Waals surface area (Å²) in [6.07, 6.45) is 1.47. The molecule has 7 heteroatoms. The summed E-state index contributed by atoms with van der Waals surface area (Å²) in [5.41, 5.74) is 0.912. The Hall–Kier alpha value is -2.46. The lowest BCUT2D eigenvalue weighted by Gasteiger charge is -2.28. The van der Waals surface area contributed by atoms with Crippen molar-refractivity contribution in [3.05, 3.63) is 29.1 Å². The molecule has 2 N–H and O–H groups in total. The quantitative estimate of drug-likeness (QED) is 0.853. The lowest BCUT2D eigenvalue weighted by Crippen LogP contribution is -2.48. The van der Waals surface area contributed by atoms with E-state index in [-0.39, 0.29) is 11.6 Å². The van der Waals surface area contributed by atoms with Crippen molar-refractivity contribution in [1.82, 2.24) is 10.3 Å². The number of aromatic nitrogens is 1. The molecular formula is C15H17N3O4. The second kappa shape index (κ2) is 7.00. The number of hydrogen-bond acceptors (Lipinski definition) is 5. The van der Waals surface area contributed by atoms with E-state index in [0.29, 0.717) is 30.9 Å². The van der Waals surface area contributed by atoms with Gasteiger partial charge in [-0.3, -0.25) is 4.79 Å². The summed E-state index contributed by atoms with van der Waals surface area (Å²) in [4.78, 5) is 27.6. The van der Waals surface area contributed by atoms with Crippen molar-refractivity contribution < 1.29 is 19.4 Å². The van der Waals surface area contributed by atoms with E-state index in [1.54, 1.807) is 6.92 Å². The van der Waals surface area contributed by atoms with Crippen molar-refractivity contribution in [2.45, 2.75) is 25.8 Å². The molecule has 0 radical (unpaired) electrons. The Kier molecular flexibility index (Phi) is 5.07. The van der Waals surface area contributed by atoms with Gasteiger partial charge in [0.25, 0.3) is 5.91 Å². The minimum Gasteiger partial charge on any atom is -0.480 e. The van der Waals surface area contributed by atoms with E-state index in [1.807, 2.05) is 6.07 Å². The molecule has 2 rings (SSSR count). The molecule has 1 saturated heterocycles. The first kappa shape index (κ1) is 15.9. The maximum absolute atomic E-state index is 12.2. The zero-order valence-electron chi connectivity index (χ0n) is 12.2. The normalized spacial score (nSPS) is 19.0. The van der Waals surface area contributed by atoms with Gasteiger partial charge in [-0.1, -0.05) is 0 Å². The third-order valence-corrected chi connectivity index (χ3v) is 3.66. The molecule has 1 aliphatic heterocycles. The molecule has 0 spiro atoms. The number of carboxylic acid groups (broad SMARTS) is 1. The van der Waals surface area contributed by atoms with E-state index in [0.717, 1.165) is 6.42 Å². The van der Waals surface area contributed by atoms with Crippen LogP contribution in [0.15, 0.2) is 12.1 Å². The lowest BCUT2D eigenvalue weighted by atomic mass is 9.93. The molecule has 2 atom stereocenters. The number of hydrogen-bond donors (Lipinski definition) is 2. The Bertz CT molecular complexity index is 618. The third kappa shape index (κ3) is 3.59. The number of ether oxygens (including phenoxy) is 1. The van der Waals surface area contributed by atoms with Crippen LogP contribution in [0.3, 0.4) is 0 Å². The average Bonchev–Trinajstić information content (AvgIpc) is 2.52. The lowest BCUT2D eigenvalue weighted by molar-refractivity contribution is -0.142. The number of carbonyl (C=O) groups is 2. The first-order valence-electron chi connectivity index (χ1n) is 7.02. The average molecular weight is 303 g/mol. The molecule has 22 heavy (non-hydrogen) atoms. The van der Waals surface area contributed by atoms with E-state index in [2.05, 4.69) is 10.3 Å². The minimum absolute atomic E-state index is 0.0967. The number of rotatable bonds is 4. The number of nitrogens with one attached hydrogen (secondary N) is 1. The van der Waals surface area contributed by atoms with E-state index in [9.17, 15) is 14.7 Å². The highest BCUT2D eigenvalue weighted by Gasteiger charge is 2.31. The fraction of sp³-hybridized carbons (Fsp3) is 0.467. The van der Waals surface area contributed by atoms with Crippen LogP contribution in [-0.4, -0.2) is 41.2 Å². The highest BCUT2D eigenvalue weighted by Crippen LogP contribution is 2.18. The van der Waals surface area contributed by atoms with Crippen molar-refractivity contribution in [3.63, 3.8) is 0 Å². The number of aliphatic carboxylic acids is 1. The largest absolute Gasteiger partial charge is 0.480 e. The number of amides is 1. The minimum atomic E-state index is -1.09. The highest BCUT2D eigenvalue weighted by atomic mass is 16.5. The van der Waals surface area contributed by atoms with Gasteiger partial charge in [0.05, 0.1) is 17.9 Å². The summed E-state index contributed by atoms with van der Waals surface area (Å²) < 4.78 is 5.28. The van der Waals surface area contributed by atoms with E-state index < -0.39 is 17.9 Å². The zero-order chi connectivity index (χ0) is 16.1. The van der Waals surface area contributed by atoms with Gasteiger partial charge in [0, 0.05) is 12.5 Å². The number of nitriles is 1. The van der Waals surface area contributed by atoms with Crippen LogP contribution < -0.4 is 5.32 Å². The summed E-state index contributed by atoms with van der Waals surface area (Å²) >= 11 is 0. The number of carboxylic acids is 1. The Morgan fingerprint density at radius 1 is 1.55 bits per heavy atom. The first-order valence-corrected chi connectivity index (χ1v) is 7.02. The van der Waals surface area contributed by atoms with Crippen LogP contribution in [0.5, 0.6) is 0 Å². The molecule has 2 unspecified atom stereocenters. The Labute approximate surface area is 127 Å². The van der Waals surface area contributed by atoms with Gasteiger partial charge in [0.2, 0.25) is 0 Å². The van der Waals surface area contributed by atoms with Crippen LogP contribution in [0.4, 0.5) is 0 Å². The fourth-order valence-corrected chi connectivity index (χ4v) is 2.43. The van der Waals surface area contributed by atoms with Gasteiger partial charge in [0.15, 0.2) is 0 Å². The molecule has 2 heterocycles. The maximum atomic E-state index is 12.2.